The number of Topliss-reactive ketones (excluding diaryl/α,β-unsaturated/α-hetero) is 1. The molecule has 4 aliphatic rings. The largest absolute Gasteiger partial charge is 0.450 e. The van der Waals surface area contributed by atoms with E-state index in [-0.39, 0.29) is 48.2 Å². The Hall–Kier alpha value is -1.53. The van der Waals surface area contributed by atoms with E-state index >= 15 is 0 Å². The average molecular weight is 495 g/mol. The van der Waals surface area contributed by atoms with Crippen LogP contribution in [-0.4, -0.2) is 40.2 Å². The average Bonchev–Trinajstić information content (AvgIpc) is 3.01. The lowest BCUT2D eigenvalue weighted by Crippen LogP contribution is -2.64. The first kappa shape index (κ1) is 25.6. The smallest absolute Gasteiger partial charge is 0.306 e. The van der Waals surface area contributed by atoms with Crippen molar-refractivity contribution < 1.29 is 28.6 Å². The summed E-state index contributed by atoms with van der Waals surface area (Å²) in [7, 11) is 0. The number of ketones is 2. The van der Waals surface area contributed by atoms with Crippen molar-refractivity contribution in [3.8, 4) is 0 Å². The number of ether oxygens (including phenoxy) is 1. The molecule has 4 aliphatic carbocycles. The van der Waals surface area contributed by atoms with Crippen LogP contribution in [0.5, 0.6) is 0 Å². The zero-order valence-corrected chi connectivity index (χ0v) is 21.3. The van der Waals surface area contributed by atoms with Crippen LogP contribution in [0.2, 0.25) is 0 Å². The summed E-state index contributed by atoms with van der Waals surface area (Å²) in [6.07, 6.45) is 5.91. The van der Waals surface area contributed by atoms with Crippen LogP contribution in [0.4, 0.5) is 4.39 Å². The fourth-order valence-electron chi connectivity index (χ4n) is 8.25. The van der Waals surface area contributed by atoms with Gasteiger partial charge in [-0.25, -0.2) is 4.39 Å². The molecule has 3 saturated carbocycles. The molecule has 2 unspecified atom stereocenters. The Morgan fingerprint density at radius 3 is 2.68 bits per heavy atom. The fourth-order valence-corrected chi connectivity index (χ4v) is 8.44. The number of alkyl halides is 1. The first-order valence-electron chi connectivity index (χ1n) is 12.6. The van der Waals surface area contributed by atoms with Crippen molar-refractivity contribution in [3.63, 3.8) is 0 Å². The van der Waals surface area contributed by atoms with Gasteiger partial charge in [-0.15, -0.1) is 11.6 Å². The van der Waals surface area contributed by atoms with Gasteiger partial charge >= 0.3 is 5.97 Å². The van der Waals surface area contributed by atoms with Gasteiger partial charge in [-0.3, -0.25) is 14.4 Å². The third kappa shape index (κ3) is 3.38. The highest BCUT2D eigenvalue weighted by Crippen LogP contribution is 2.69. The number of esters is 1. The van der Waals surface area contributed by atoms with E-state index in [1.807, 2.05) is 27.7 Å². The first-order valence-corrected chi connectivity index (χ1v) is 13.1. The minimum Gasteiger partial charge on any atom is -0.450 e. The molecule has 7 heteroatoms. The van der Waals surface area contributed by atoms with Crippen LogP contribution in [0.25, 0.3) is 0 Å². The number of hydrogen-bond donors (Lipinski definition) is 1. The molecule has 0 aromatic carbocycles. The van der Waals surface area contributed by atoms with E-state index in [0.717, 1.165) is 6.42 Å². The highest BCUT2D eigenvalue weighted by atomic mass is 35.5. The molecule has 3 fully saturated rings. The van der Waals surface area contributed by atoms with Crippen molar-refractivity contribution >= 4 is 29.1 Å². The van der Waals surface area contributed by atoms with Crippen molar-refractivity contribution in [1.82, 2.24) is 0 Å². The van der Waals surface area contributed by atoms with Gasteiger partial charge in [0.15, 0.2) is 17.2 Å². The molecule has 0 aromatic rings. The summed E-state index contributed by atoms with van der Waals surface area (Å²) in [5, 5.41) is 11.6. The summed E-state index contributed by atoms with van der Waals surface area (Å²) in [5.41, 5.74) is -2.46. The third-order valence-electron chi connectivity index (χ3n) is 9.67. The Labute approximate surface area is 206 Å². The van der Waals surface area contributed by atoms with Crippen molar-refractivity contribution in [2.45, 2.75) is 84.3 Å². The second-order valence-electron chi connectivity index (χ2n) is 11.3. The van der Waals surface area contributed by atoms with Crippen LogP contribution in [-0.2, 0) is 19.1 Å². The van der Waals surface area contributed by atoms with E-state index in [1.54, 1.807) is 6.08 Å². The zero-order chi connectivity index (χ0) is 25.1. The number of allylic oxidation sites excluding steroid dienone is 4. The van der Waals surface area contributed by atoms with E-state index in [1.165, 1.54) is 6.08 Å². The number of fused-ring (bicyclic) bond motifs is 5. The number of rotatable bonds is 6. The normalized spacial score (nSPS) is 43.3. The van der Waals surface area contributed by atoms with Gasteiger partial charge in [0.25, 0.3) is 0 Å². The SMILES string of the molecule is CCCCC(=O)O[C@]1(C(=O)CCl)C(C)C[C@H]2[C@@H]3CCC4=C(F)C(=O)C=C[C@]4(C)[C@H]3C(O)C[C@@]21C. The molecule has 0 spiro atoms. The molecule has 0 aromatic heterocycles. The molecule has 188 valence electrons. The van der Waals surface area contributed by atoms with Gasteiger partial charge in [0, 0.05) is 29.1 Å². The number of aliphatic hydroxyl groups excluding tert-OH is 1. The maximum absolute atomic E-state index is 14.8. The van der Waals surface area contributed by atoms with E-state index in [0.29, 0.717) is 31.3 Å². The van der Waals surface area contributed by atoms with Gasteiger partial charge in [0.05, 0.1) is 12.0 Å². The molecule has 34 heavy (non-hydrogen) atoms. The molecule has 0 radical (unpaired) electrons. The molecule has 5 nitrogen and oxygen atoms in total. The molecule has 0 bridgehead atoms. The molecule has 0 aliphatic heterocycles. The van der Waals surface area contributed by atoms with Gasteiger partial charge in [0.1, 0.15) is 0 Å². The van der Waals surface area contributed by atoms with Crippen LogP contribution >= 0.6 is 11.6 Å². The van der Waals surface area contributed by atoms with E-state index in [2.05, 4.69) is 0 Å². The molecule has 8 atom stereocenters. The Morgan fingerprint density at radius 2 is 2.03 bits per heavy atom. The predicted molar refractivity (Wildman–Crippen MR) is 127 cm³/mol. The standard InChI is InChI=1S/C27H36ClFO5/c1-5-6-7-22(33)34-27(21(32)14-28)15(2)12-18-16-8-9-17-24(29)19(30)10-11-25(17,3)23(16)20(31)13-26(18,27)4/h10-11,15-16,18,20,23,31H,5-9,12-14H2,1-4H3/t15?,16-,18-,20?,23+,25-,26-,27-/m0/s1. The van der Waals surface area contributed by atoms with Crippen LogP contribution in [0.15, 0.2) is 23.6 Å². The third-order valence-corrected chi connectivity index (χ3v) is 9.91. The number of carbonyl (C=O) groups is 3. The van der Waals surface area contributed by atoms with Crippen molar-refractivity contribution in [2.24, 2.45) is 34.5 Å². The molecule has 0 amide bonds. The van der Waals surface area contributed by atoms with E-state index in [4.69, 9.17) is 16.3 Å². The van der Waals surface area contributed by atoms with E-state index in [9.17, 15) is 23.9 Å². The molecular formula is C27H36ClFO5. The van der Waals surface area contributed by atoms with Crippen molar-refractivity contribution in [3.05, 3.63) is 23.6 Å². The van der Waals surface area contributed by atoms with Gasteiger partial charge < -0.3 is 9.84 Å². The minimum absolute atomic E-state index is 0.00468. The Kier molecular flexibility index (Phi) is 6.65. The van der Waals surface area contributed by atoms with Crippen LogP contribution in [0.1, 0.15) is 72.6 Å². The van der Waals surface area contributed by atoms with Gasteiger partial charge in [-0.1, -0.05) is 40.2 Å². The maximum atomic E-state index is 14.8. The molecule has 4 rings (SSSR count). The summed E-state index contributed by atoms with van der Waals surface area (Å²) in [4.78, 5) is 38.3. The van der Waals surface area contributed by atoms with Gasteiger partial charge in [0.2, 0.25) is 5.78 Å². The minimum atomic E-state index is -1.39. The van der Waals surface area contributed by atoms with E-state index < -0.39 is 40.1 Å². The topological polar surface area (TPSA) is 80.7 Å². The Balaban J connectivity index is 1.77. The number of hydrogen-bond acceptors (Lipinski definition) is 5. The molecule has 0 heterocycles. The number of unbranched alkanes of at least 4 members (excludes halogenated alkanes) is 1. The molecule has 1 N–H and O–H groups in total. The Morgan fingerprint density at radius 1 is 1.32 bits per heavy atom. The van der Waals surface area contributed by atoms with Gasteiger partial charge in [-0.2, -0.15) is 0 Å². The summed E-state index contributed by atoms with van der Waals surface area (Å²) in [6, 6.07) is 0. The molecule has 0 saturated heterocycles. The summed E-state index contributed by atoms with van der Waals surface area (Å²) in [5.74, 6) is -2.82. The Bertz CT molecular complexity index is 959. The van der Waals surface area contributed by atoms with Crippen LogP contribution in [0.3, 0.4) is 0 Å². The first-order chi connectivity index (χ1) is 16.0. The van der Waals surface area contributed by atoms with Gasteiger partial charge in [-0.05, 0) is 55.6 Å². The number of carbonyl (C=O) groups excluding carboxylic acids is 3. The second-order valence-corrected chi connectivity index (χ2v) is 11.6. The fraction of sp³-hybridized carbons (Fsp3) is 0.741. The lowest BCUT2D eigenvalue weighted by molar-refractivity contribution is -0.203. The van der Waals surface area contributed by atoms with Crippen molar-refractivity contribution in [2.75, 3.05) is 5.88 Å². The zero-order valence-electron chi connectivity index (χ0n) is 20.5. The number of halogens is 2. The highest BCUT2D eigenvalue weighted by molar-refractivity contribution is 6.29. The van der Waals surface area contributed by atoms with Crippen molar-refractivity contribution in [1.29, 1.82) is 0 Å². The van der Waals surface area contributed by atoms with Crippen LogP contribution < -0.4 is 0 Å². The highest BCUT2D eigenvalue weighted by Gasteiger charge is 2.72. The lowest BCUT2D eigenvalue weighted by atomic mass is 9.46. The summed E-state index contributed by atoms with van der Waals surface area (Å²) >= 11 is 6.09. The van der Waals surface area contributed by atoms with Crippen LogP contribution in [0, 0.1) is 34.5 Å². The quantitative estimate of drug-likeness (QED) is 0.411. The monoisotopic (exact) mass is 494 g/mol. The number of aliphatic hydroxyl groups is 1. The lowest BCUT2D eigenvalue weighted by Gasteiger charge is -2.60. The second kappa shape index (κ2) is 8.85. The predicted octanol–water partition coefficient (Wildman–Crippen LogP) is 5.09. The summed E-state index contributed by atoms with van der Waals surface area (Å²) < 4.78 is 21.0. The summed E-state index contributed by atoms with van der Waals surface area (Å²) in [6.45, 7) is 7.81. The maximum Gasteiger partial charge on any atom is 0.306 e. The molecular weight excluding hydrogens is 459 g/mol.